The van der Waals surface area contributed by atoms with E-state index in [1.807, 2.05) is 31.2 Å². The molecule has 4 rings (SSSR count). The average Bonchev–Trinajstić information content (AvgIpc) is 3.46. The van der Waals surface area contributed by atoms with E-state index in [1.165, 1.54) is 11.8 Å². The maximum Gasteiger partial charge on any atom is 0.233 e. The highest BCUT2D eigenvalue weighted by Crippen LogP contribution is 2.29. The van der Waals surface area contributed by atoms with Gasteiger partial charge in [0.1, 0.15) is 10.9 Å². The second-order valence-corrected chi connectivity index (χ2v) is 8.22. The molecule has 6 nitrogen and oxygen atoms in total. The first-order valence-corrected chi connectivity index (χ1v) is 10.1. The molecule has 1 amide bonds. The molecule has 1 aromatic heterocycles. The van der Waals surface area contributed by atoms with Crippen LogP contribution >= 0.6 is 11.8 Å². The molecule has 1 atom stereocenters. The maximum atomic E-state index is 12.3. The van der Waals surface area contributed by atoms with Crippen LogP contribution in [-0.4, -0.2) is 58.4 Å². The number of ether oxygens (including phenoxy) is 1. The fourth-order valence-electron chi connectivity index (χ4n) is 2.98. The van der Waals surface area contributed by atoms with E-state index in [4.69, 9.17) is 14.7 Å². The van der Waals surface area contributed by atoms with Crippen molar-refractivity contribution in [1.29, 1.82) is 0 Å². The molecule has 7 heteroatoms. The summed E-state index contributed by atoms with van der Waals surface area (Å²) in [5.74, 6) is 0.901. The van der Waals surface area contributed by atoms with Crippen molar-refractivity contribution >= 4 is 28.6 Å². The van der Waals surface area contributed by atoms with Crippen molar-refractivity contribution < 1.29 is 9.53 Å². The molecule has 1 aliphatic carbocycles. The lowest BCUT2D eigenvalue weighted by Crippen LogP contribution is -2.36. The van der Waals surface area contributed by atoms with Crippen LogP contribution in [-0.2, 0) is 16.1 Å². The van der Waals surface area contributed by atoms with E-state index in [0.717, 1.165) is 60.9 Å². The van der Waals surface area contributed by atoms with Crippen molar-refractivity contribution in [1.82, 2.24) is 20.2 Å². The van der Waals surface area contributed by atoms with Gasteiger partial charge >= 0.3 is 0 Å². The van der Waals surface area contributed by atoms with Gasteiger partial charge < -0.3 is 10.1 Å². The third kappa shape index (κ3) is 4.34. The highest BCUT2D eigenvalue weighted by molar-refractivity contribution is 8.00. The van der Waals surface area contributed by atoms with Gasteiger partial charge in [0.15, 0.2) is 0 Å². The van der Waals surface area contributed by atoms with Gasteiger partial charge in [0.2, 0.25) is 5.91 Å². The van der Waals surface area contributed by atoms with Crippen LogP contribution in [0.3, 0.4) is 0 Å². The van der Waals surface area contributed by atoms with Crippen LogP contribution in [0.25, 0.3) is 10.9 Å². The van der Waals surface area contributed by atoms with Gasteiger partial charge in [-0.05, 0) is 25.8 Å². The number of rotatable bonds is 6. The fraction of sp³-hybridized carbons (Fsp3) is 0.526. The van der Waals surface area contributed by atoms with Crippen LogP contribution in [0.1, 0.15) is 25.6 Å². The SMILES string of the molecule is C[C@@H](Sc1nc(CN2CCOCC2)nc2ccccc12)C(=O)NC1CC1. The molecule has 138 valence electrons. The molecule has 2 aromatic rings. The van der Waals surface area contributed by atoms with Crippen LogP contribution in [0.15, 0.2) is 29.3 Å². The molecule has 1 saturated carbocycles. The number of hydrogen-bond donors (Lipinski definition) is 1. The molecule has 0 unspecified atom stereocenters. The minimum atomic E-state index is -0.176. The Kier molecular flexibility index (Phi) is 5.38. The summed E-state index contributed by atoms with van der Waals surface area (Å²) in [6, 6.07) is 8.41. The molecule has 0 radical (unpaired) electrons. The van der Waals surface area contributed by atoms with Crippen molar-refractivity contribution in [2.45, 2.75) is 42.6 Å². The zero-order valence-electron chi connectivity index (χ0n) is 15.0. The molecule has 1 aliphatic heterocycles. The van der Waals surface area contributed by atoms with Gasteiger partial charge in [-0.1, -0.05) is 30.0 Å². The number of carbonyl (C=O) groups is 1. The standard InChI is InChI=1S/C19H24N4O2S/c1-13(18(24)20-14-6-7-14)26-19-15-4-2-3-5-16(15)21-17(22-19)12-23-8-10-25-11-9-23/h2-5,13-14H,6-12H2,1H3,(H,20,24)/t13-/m1/s1. The van der Waals surface area contributed by atoms with Gasteiger partial charge in [-0.25, -0.2) is 9.97 Å². The van der Waals surface area contributed by atoms with E-state index in [1.54, 1.807) is 0 Å². The number of aromatic nitrogens is 2. The van der Waals surface area contributed by atoms with E-state index >= 15 is 0 Å². The zero-order chi connectivity index (χ0) is 17.9. The average molecular weight is 372 g/mol. The highest BCUT2D eigenvalue weighted by atomic mass is 32.2. The van der Waals surface area contributed by atoms with Crippen molar-refractivity contribution in [3.63, 3.8) is 0 Å². The first-order chi connectivity index (χ1) is 12.7. The number of carbonyl (C=O) groups excluding carboxylic acids is 1. The van der Waals surface area contributed by atoms with E-state index in [0.29, 0.717) is 12.6 Å². The highest BCUT2D eigenvalue weighted by Gasteiger charge is 2.26. The van der Waals surface area contributed by atoms with Gasteiger partial charge in [0, 0.05) is 24.5 Å². The van der Waals surface area contributed by atoms with Crippen molar-refractivity contribution in [3.8, 4) is 0 Å². The lowest BCUT2D eigenvalue weighted by molar-refractivity contribution is -0.120. The second-order valence-electron chi connectivity index (χ2n) is 6.89. The number of thioether (sulfide) groups is 1. The van der Waals surface area contributed by atoms with E-state index < -0.39 is 0 Å². The predicted molar refractivity (Wildman–Crippen MR) is 102 cm³/mol. The summed E-state index contributed by atoms with van der Waals surface area (Å²) in [6.45, 7) is 5.98. The third-order valence-corrected chi connectivity index (χ3v) is 5.77. The van der Waals surface area contributed by atoms with Crippen LogP contribution < -0.4 is 5.32 Å². The topological polar surface area (TPSA) is 67.3 Å². The molecule has 2 aliphatic rings. The fourth-order valence-corrected chi connectivity index (χ4v) is 3.95. The molecule has 0 spiro atoms. The van der Waals surface area contributed by atoms with E-state index in [2.05, 4.69) is 10.2 Å². The molecule has 1 saturated heterocycles. The predicted octanol–water partition coefficient (Wildman–Crippen LogP) is 2.22. The molecule has 1 N–H and O–H groups in total. The molecule has 1 aromatic carbocycles. The normalized spacial score (nSPS) is 19.4. The Labute approximate surface area is 157 Å². The van der Waals surface area contributed by atoms with Gasteiger partial charge in [-0.15, -0.1) is 0 Å². The van der Waals surface area contributed by atoms with Crippen LogP contribution in [0, 0.1) is 0 Å². The molecular weight excluding hydrogens is 348 g/mol. The number of fused-ring (bicyclic) bond motifs is 1. The Bertz CT molecular complexity index is 790. The molecule has 2 heterocycles. The molecule has 26 heavy (non-hydrogen) atoms. The lowest BCUT2D eigenvalue weighted by Gasteiger charge is -2.26. The number of para-hydroxylation sites is 1. The number of nitrogens with one attached hydrogen (secondary N) is 1. The molecule has 0 bridgehead atoms. The van der Waals surface area contributed by atoms with Crippen molar-refractivity contribution in [2.75, 3.05) is 26.3 Å². The first kappa shape index (κ1) is 17.7. The monoisotopic (exact) mass is 372 g/mol. The number of benzene rings is 1. The Morgan fingerprint density at radius 2 is 2.08 bits per heavy atom. The van der Waals surface area contributed by atoms with Gasteiger partial charge in [-0.3, -0.25) is 9.69 Å². The largest absolute Gasteiger partial charge is 0.379 e. The second kappa shape index (κ2) is 7.90. The van der Waals surface area contributed by atoms with E-state index in [9.17, 15) is 4.79 Å². The molecular formula is C19H24N4O2S. The summed E-state index contributed by atoms with van der Waals surface area (Å²) in [5.41, 5.74) is 0.933. The van der Waals surface area contributed by atoms with Gasteiger partial charge in [0.05, 0.1) is 30.5 Å². The number of morpholine rings is 1. The van der Waals surface area contributed by atoms with E-state index in [-0.39, 0.29) is 11.2 Å². The lowest BCUT2D eigenvalue weighted by atomic mass is 10.2. The van der Waals surface area contributed by atoms with Crippen LogP contribution in [0.4, 0.5) is 0 Å². The maximum absolute atomic E-state index is 12.3. The summed E-state index contributed by atoms with van der Waals surface area (Å²) >= 11 is 1.52. The van der Waals surface area contributed by atoms with Crippen LogP contribution in [0.2, 0.25) is 0 Å². The Morgan fingerprint density at radius 3 is 2.85 bits per heavy atom. The quantitative estimate of drug-likeness (QED) is 0.620. The number of amides is 1. The zero-order valence-corrected chi connectivity index (χ0v) is 15.8. The molecule has 2 fully saturated rings. The third-order valence-electron chi connectivity index (χ3n) is 4.66. The summed E-state index contributed by atoms with van der Waals surface area (Å²) in [5, 5.41) is 4.80. The number of nitrogens with zero attached hydrogens (tertiary/aromatic N) is 3. The van der Waals surface area contributed by atoms with Crippen molar-refractivity contribution in [3.05, 3.63) is 30.1 Å². The van der Waals surface area contributed by atoms with Gasteiger partial charge in [-0.2, -0.15) is 0 Å². The Balaban J connectivity index is 1.55. The minimum absolute atomic E-state index is 0.0925. The number of hydrogen-bond acceptors (Lipinski definition) is 6. The Morgan fingerprint density at radius 1 is 1.31 bits per heavy atom. The summed E-state index contributed by atoms with van der Waals surface area (Å²) in [4.78, 5) is 24.2. The van der Waals surface area contributed by atoms with Crippen molar-refractivity contribution in [2.24, 2.45) is 0 Å². The summed E-state index contributed by atoms with van der Waals surface area (Å²) in [7, 11) is 0. The van der Waals surface area contributed by atoms with Gasteiger partial charge in [0.25, 0.3) is 0 Å². The first-order valence-electron chi connectivity index (χ1n) is 9.22. The summed E-state index contributed by atoms with van der Waals surface area (Å²) in [6.07, 6.45) is 2.20. The summed E-state index contributed by atoms with van der Waals surface area (Å²) < 4.78 is 5.42. The smallest absolute Gasteiger partial charge is 0.233 e. The Hall–Kier alpha value is -1.70. The minimum Gasteiger partial charge on any atom is -0.379 e. The van der Waals surface area contributed by atoms with Crippen LogP contribution in [0.5, 0.6) is 0 Å².